The van der Waals surface area contributed by atoms with Gasteiger partial charge >= 0.3 is 0 Å². The molecule has 0 unspecified atom stereocenters. The molecule has 0 spiro atoms. The van der Waals surface area contributed by atoms with Crippen molar-refractivity contribution in [3.05, 3.63) is 89.7 Å². The molecule has 6 heteroatoms. The highest BCUT2D eigenvalue weighted by Crippen LogP contribution is 2.34. The molecule has 0 bridgehead atoms. The molecule has 3 aromatic carbocycles. The van der Waals surface area contributed by atoms with Crippen LogP contribution >= 0.6 is 0 Å². The molecule has 1 aliphatic heterocycles. The Morgan fingerprint density at radius 1 is 1.00 bits per heavy atom. The number of hydrogen-bond acceptors (Lipinski definition) is 4. The van der Waals surface area contributed by atoms with E-state index < -0.39 is 6.10 Å². The number of para-hydroxylation sites is 4. The van der Waals surface area contributed by atoms with Gasteiger partial charge in [0.15, 0.2) is 0 Å². The molecule has 174 valence electrons. The summed E-state index contributed by atoms with van der Waals surface area (Å²) in [5, 5.41) is 10.9. The third-order valence-corrected chi connectivity index (χ3v) is 6.50. The predicted molar refractivity (Wildman–Crippen MR) is 133 cm³/mol. The maximum Gasteiger partial charge on any atom is 0.227 e. The number of fused-ring (bicyclic) bond motifs is 1. The summed E-state index contributed by atoms with van der Waals surface area (Å²) in [6.07, 6.45) is -0.325. The molecular formula is C28H29N3O3. The number of rotatable bonds is 7. The van der Waals surface area contributed by atoms with E-state index in [1.54, 1.807) is 0 Å². The molecule has 1 aliphatic rings. The van der Waals surface area contributed by atoms with Crippen molar-refractivity contribution in [2.75, 3.05) is 18.1 Å². The van der Waals surface area contributed by atoms with Crippen molar-refractivity contribution in [3.63, 3.8) is 0 Å². The first kappa shape index (κ1) is 22.2. The van der Waals surface area contributed by atoms with Gasteiger partial charge in [0.1, 0.15) is 24.3 Å². The molecule has 1 aromatic heterocycles. The van der Waals surface area contributed by atoms with Crippen molar-refractivity contribution in [2.45, 2.75) is 38.8 Å². The molecule has 2 heterocycles. The normalized spacial score (nSPS) is 16.9. The Bertz CT molecular complexity index is 1330. The van der Waals surface area contributed by atoms with Crippen molar-refractivity contribution >= 4 is 22.6 Å². The second-order valence-corrected chi connectivity index (χ2v) is 8.99. The number of hydrogen-bond donors (Lipinski definition) is 1. The summed E-state index contributed by atoms with van der Waals surface area (Å²) < 4.78 is 7.94. The zero-order chi connectivity index (χ0) is 23.7. The van der Waals surface area contributed by atoms with Crippen LogP contribution in [0.3, 0.4) is 0 Å². The minimum absolute atomic E-state index is 0.0519. The minimum Gasteiger partial charge on any atom is -0.491 e. The first-order valence-corrected chi connectivity index (χ1v) is 11.7. The highest BCUT2D eigenvalue weighted by atomic mass is 16.5. The van der Waals surface area contributed by atoms with Gasteiger partial charge in [0.05, 0.1) is 17.6 Å². The standard InChI is InChI=1S/C28H29N3O3/c1-19-9-3-6-12-24(19)30-16-21(15-27(30)33)28-29-23-11-5-7-13-25(23)31(28)17-22(32)18-34-26-14-8-4-10-20(26)2/h3-14,21-22,32H,15-18H2,1-2H3/t21-,22-/m1/s1. The van der Waals surface area contributed by atoms with Gasteiger partial charge in [0.2, 0.25) is 5.91 Å². The van der Waals surface area contributed by atoms with Crippen LogP contribution in [0.4, 0.5) is 5.69 Å². The van der Waals surface area contributed by atoms with E-state index in [9.17, 15) is 9.90 Å². The Kier molecular flexibility index (Phi) is 6.07. The van der Waals surface area contributed by atoms with Gasteiger partial charge < -0.3 is 19.3 Å². The summed E-state index contributed by atoms with van der Waals surface area (Å²) in [7, 11) is 0. The van der Waals surface area contributed by atoms with Gasteiger partial charge in [-0.2, -0.15) is 0 Å². The Hall–Kier alpha value is -3.64. The summed E-state index contributed by atoms with van der Waals surface area (Å²) in [5.74, 6) is 1.65. The van der Waals surface area contributed by atoms with Gasteiger partial charge in [-0.05, 0) is 49.2 Å². The van der Waals surface area contributed by atoms with E-state index in [-0.39, 0.29) is 18.4 Å². The van der Waals surface area contributed by atoms with E-state index in [0.29, 0.717) is 19.5 Å². The monoisotopic (exact) mass is 455 g/mol. The summed E-state index contributed by atoms with van der Waals surface area (Å²) in [6, 6.07) is 23.7. The number of aromatic nitrogens is 2. The van der Waals surface area contributed by atoms with E-state index in [2.05, 4.69) is 4.57 Å². The largest absolute Gasteiger partial charge is 0.491 e. The summed E-state index contributed by atoms with van der Waals surface area (Å²) in [4.78, 5) is 19.7. The number of aliphatic hydroxyl groups is 1. The predicted octanol–water partition coefficient (Wildman–Crippen LogP) is 4.61. The van der Waals surface area contributed by atoms with Crippen molar-refractivity contribution in [2.24, 2.45) is 0 Å². The smallest absolute Gasteiger partial charge is 0.227 e. The second-order valence-electron chi connectivity index (χ2n) is 8.99. The van der Waals surface area contributed by atoms with Gasteiger partial charge in [-0.25, -0.2) is 4.98 Å². The van der Waals surface area contributed by atoms with E-state index >= 15 is 0 Å². The third-order valence-electron chi connectivity index (χ3n) is 6.50. The van der Waals surface area contributed by atoms with Gasteiger partial charge in [0, 0.05) is 24.6 Å². The SMILES string of the molecule is Cc1ccccc1OC[C@H](O)Cn1c([C@@H]2CC(=O)N(c3ccccc3C)C2)nc2ccccc21. The average Bonchev–Trinajstić information content (AvgIpc) is 3.39. The molecule has 1 fully saturated rings. The minimum atomic E-state index is -0.722. The van der Waals surface area contributed by atoms with Crippen LogP contribution in [0.5, 0.6) is 5.75 Å². The molecule has 34 heavy (non-hydrogen) atoms. The molecule has 6 nitrogen and oxygen atoms in total. The number of nitrogens with zero attached hydrogens (tertiary/aromatic N) is 3. The Morgan fingerprint density at radius 3 is 2.50 bits per heavy atom. The topological polar surface area (TPSA) is 67.6 Å². The number of carbonyl (C=O) groups excluding carboxylic acids is 1. The first-order valence-electron chi connectivity index (χ1n) is 11.7. The lowest BCUT2D eigenvalue weighted by molar-refractivity contribution is -0.117. The third kappa shape index (κ3) is 4.29. The fourth-order valence-corrected chi connectivity index (χ4v) is 4.75. The Labute approximate surface area is 199 Å². The molecule has 0 radical (unpaired) electrons. The molecule has 1 saturated heterocycles. The highest BCUT2D eigenvalue weighted by Gasteiger charge is 2.35. The van der Waals surface area contributed by atoms with Crippen LogP contribution in [0, 0.1) is 13.8 Å². The van der Waals surface area contributed by atoms with Crippen LogP contribution in [0.2, 0.25) is 0 Å². The first-order chi connectivity index (χ1) is 16.5. The molecule has 4 aromatic rings. The molecule has 1 N–H and O–H groups in total. The summed E-state index contributed by atoms with van der Waals surface area (Å²) in [5.41, 5.74) is 4.88. The average molecular weight is 456 g/mol. The zero-order valence-electron chi connectivity index (χ0n) is 19.5. The molecule has 2 atom stereocenters. The van der Waals surface area contributed by atoms with Crippen LogP contribution < -0.4 is 9.64 Å². The van der Waals surface area contributed by atoms with Gasteiger partial charge in [-0.1, -0.05) is 48.5 Å². The maximum absolute atomic E-state index is 13.0. The van der Waals surface area contributed by atoms with Crippen LogP contribution in [0.15, 0.2) is 72.8 Å². The number of benzene rings is 3. The Morgan fingerprint density at radius 2 is 1.71 bits per heavy atom. The van der Waals surface area contributed by atoms with Crippen molar-refractivity contribution < 1.29 is 14.6 Å². The zero-order valence-corrected chi connectivity index (χ0v) is 19.5. The fraction of sp³-hybridized carbons (Fsp3) is 0.286. The number of anilines is 1. The molecule has 0 aliphatic carbocycles. The number of ether oxygens (including phenoxy) is 1. The maximum atomic E-state index is 13.0. The van der Waals surface area contributed by atoms with E-state index in [4.69, 9.17) is 9.72 Å². The van der Waals surface area contributed by atoms with Gasteiger partial charge in [-0.3, -0.25) is 4.79 Å². The van der Waals surface area contributed by atoms with Crippen LogP contribution in [0.1, 0.15) is 29.3 Å². The highest BCUT2D eigenvalue weighted by molar-refractivity contribution is 5.97. The molecule has 1 amide bonds. The van der Waals surface area contributed by atoms with E-state index in [1.165, 1.54) is 0 Å². The van der Waals surface area contributed by atoms with Gasteiger partial charge in [0.25, 0.3) is 0 Å². The Balaban J connectivity index is 1.40. The summed E-state index contributed by atoms with van der Waals surface area (Å²) >= 11 is 0. The molecular weight excluding hydrogens is 426 g/mol. The quantitative estimate of drug-likeness (QED) is 0.442. The molecule has 0 saturated carbocycles. The van der Waals surface area contributed by atoms with E-state index in [0.717, 1.165) is 39.4 Å². The van der Waals surface area contributed by atoms with Crippen LogP contribution in [0.25, 0.3) is 11.0 Å². The van der Waals surface area contributed by atoms with Crippen LogP contribution in [-0.4, -0.2) is 39.8 Å². The lowest BCUT2D eigenvalue weighted by atomic mass is 10.1. The van der Waals surface area contributed by atoms with Crippen molar-refractivity contribution in [3.8, 4) is 5.75 Å². The lowest BCUT2D eigenvalue weighted by Gasteiger charge is -2.20. The van der Waals surface area contributed by atoms with Gasteiger partial charge in [-0.15, -0.1) is 0 Å². The number of aliphatic hydroxyl groups excluding tert-OH is 1. The van der Waals surface area contributed by atoms with Crippen molar-refractivity contribution in [1.82, 2.24) is 9.55 Å². The second kappa shape index (κ2) is 9.31. The number of amides is 1. The molecule has 5 rings (SSSR count). The van der Waals surface area contributed by atoms with Crippen LogP contribution in [-0.2, 0) is 11.3 Å². The van der Waals surface area contributed by atoms with E-state index in [1.807, 2.05) is 91.5 Å². The number of carbonyl (C=O) groups is 1. The fourth-order valence-electron chi connectivity index (χ4n) is 4.75. The lowest BCUT2D eigenvalue weighted by Crippen LogP contribution is -2.27. The number of aryl methyl sites for hydroxylation is 2. The summed E-state index contributed by atoms with van der Waals surface area (Å²) in [6.45, 7) is 5.10. The van der Waals surface area contributed by atoms with Crippen molar-refractivity contribution in [1.29, 1.82) is 0 Å². The number of imidazole rings is 1.